The van der Waals surface area contributed by atoms with Crippen molar-refractivity contribution in [1.29, 1.82) is 5.26 Å². The number of nitrogens with one attached hydrogen (secondary N) is 1. The van der Waals surface area contributed by atoms with E-state index in [0.717, 1.165) is 43.4 Å². The molecule has 110 valence electrons. The maximum atomic E-state index is 9.48. The van der Waals surface area contributed by atoms with Gasteiger partial charge in [0.25, 0.3) is 0 Å². The molecule has 1 heterocycles. The van der Waals surface area contributed by atoms with Crippen molar-refractivity contribution in [3.05, 3.63) is 30.1 Å². The Morgan fingerprint density at radius 2 is 2.29 bits per heavy atom. The third kappa shape index (κ3) is 2.32. The first-order valence-corrected chi connectivity index (χ1v) is 7.79. The Balaban J connectivity index is 2.04. The molecule has 2 atom stereocenters. The molecule has 0 bridgehead atoms. The molecule has 1 aliphatic rings. The second-order valence-corrected chi connectivity index (χ2v) is 5.98. The fourth-order valence-electron chi connectivity index (χ4n) is 3.53. The first-order valence-electron chi connectivity index (χ1n) is 7.79. The van der Waals surface area contributed by atoms with Crippen molar-refractivity contribution in [1.82, 2.24) is 14.9 Å². The van der Waals surface area contributed by atoms with Gasteiger partial charge < -0.3 is 9.88 Å². The average molecular weight is 282 g/mol. The number of nitrogens with zero attached hydrogens (tertiary/aromatic N) is 3. The van der Waals surface area contributed by atoms with Crippen LogP contribution >= 0.6 is 0 Å². The number of rotatable bonds is 4. The summed E-state index contributed by atoms with van der Waals surface area (Å²) in [5.41, 5.74) is 1.90. The maximum Gasteiger partial charge on any atom is 0.110 e. The summed E-state index contributed by atoms with van der Waals surface area (Å²) < 4.78 is 2.38. The lowest BCUT2D eigenvalue weighted by Crippen LogP contribution is -2.38. The number of hydrogen-bond acceptors (Lipinski definition) is 3. The van der Waals surface area contributed by atoms with Crippen molar-refractivity contribution in [3.8, 4) is 6.07 Å². The Hall–Kier alpha value is -1.86. The zero-order valence-corrected chi connectivity index (χ0v) is 12.8. The molecule has 0 radical (unpaired) electrons. The van der Waals surface area contributed by atoms with Gasteiger partial charge in [0.2, 0.25) is 0 Å². The van der Waals surface area contributed by atoms with Crippen molar-refractivity contribution in [2.75, 3.05) is 7.05 Å². The number of fused-ring (bicyclic) bond motifs is 1. The molecule has 4 heteroatoms. The van der Waals surface area contributed by atoms with Crippen molar-refractivity contribution in [2.24, 2.45) is 0 Å². The van der Waals surface area contributed by atoms with Crippen LogP contribution in [0, 0.1) is 11.3 Å². The fraction of sp³-hybridized carbons (Fsp3) is 0.529. The minimum atomic E-state index is -0.375. The van der Waals surface area contributed by atoms with E-state index in [9.17, 15) is 5.26 Å². The molecule has 4 nitrogen and oxygen atoms in total. The molecule has 1 aromatic heterocycles. The summed E-state index contributed by atoms with van der Waals surface area (Å²) in [4.78, 5) is 4.81. The molecule has 2 aromatic rings. The van der Waals surface area contributed by atoms with Crippen LogP contribution in [0.1, 0.15) is 44.5 Å². The van der Waals surface area contributed by atoms with Gasteiger partial charge in [-0.2, -0.15) is 5.26 Å². The fourth-order valence-corrected chi connectivity index (χ4v) is 3.53. The summed E-state index contributed by atoms with van der Waals surface area (Å²) in [7, 11) is 1.89. The van der Waals surface area contributed by atoms with Crippen LogP contribution < -0.4 is 5.32 Å². The summed E-state index contributed by atoms with van der Waals surface area (Å²) in [6.07, 6.45) is 4.88. The zero-order valence-electron chi connectivity index (χ0n) is 12.8. The largest absolute Gasteiger partial charge is 0.325 e. The summed E-state index contributed by atoms with van der Waals surface area (Å²) in [6, 6.07) is 11.2. The second-order valence-electron chi connectivity index (χ2n) is 5.98. The van der Waals surface area contributed by atoms with E-state index in [4.69, 9.17) is 4.98 Å². The third-order valence-electron chi connectivity index (χ3n) is 4.69. The molecule has 1 N–H and O–H groups in total. The van der Waals surface area contributed by atoms with Gasteiger partial charge in [0.15, 0.2) is 0 Å². The number of aryl methyl sites for hydroxylation is 1. The summed E-state index contributed by atoms with van der Waals surface area (Å²) in [5.74, 6) is 1.16. The van der Waals surface area contributed by atoms with E-state index in [1.807, 2.05) is 13.1 Å². The highest BCUT2D eigenvalue weighted by Crippen LogP contribution is 2.39. The van der Waals surface area contributed by atoms with Crippen LogP contribution in [-0.4, -0.2) is 22.1 Å². The predicted molar refractivity (Wildman–Crippen MR) is 84.0 cm³/mol. The summed E-state index contributed by atoms with van der Waals surface area (Å²) >= 11 is 0. The average Bonchev–Trinajstić information content (AvgIpc) is 3.09. The van der Waals surface area contributed by atoms with Gasteiger partial charge in [0, 0.05) is 12.5 Å². The quantitative estimate of drug-likeness (QED) is 0.937. The van der Waals surface area contributed by atoms with E-state index in [0.29, 0.717) is 6.04 Å². The van der Waals surface area contributed by atoms with E-state index in [1.165, 1.54) is 5.52 Å². The lowest BCUT2D eigenvalue weighted by atomic mass is 10.00. The monoisotopic (exact) mass is 282 g/mol. The van der Waals surface area contributed by atoms with Crippen LogP contribution in [0.3, 0.4) is 0 Å². The van der Waals surface area contributed by atoms with Gasteiger partial charge in [-0.1, -0.05) is 19.1 Å². The summed E-state index contributed by atoms with van der Waals surface area (Å²) in [6.45, 7) is 2.19. The number of imidazole rings is 1. The molecule has 0 amide bonds. The van der Waals surface area contributed by atoms with Gasteiger partial charge in [-0.15, -0.1) is 0 Å². The highest BCUT2D eigenvalue weighted by Gasteiger charge is 2.39. The first kappa shape index (κ1) is 14.1. The molecule has 21 heavy (non-hydrogen) atoms. The number of benzene rings is 1. The van der Waals surface area contributed by atoms with Crippen molar-refractivity contribution in [2.45, 2.75) is 50.6 Å². The molecule has 3 rings (SSSR count). The van der Waals surface area contributed by atoms with E-state index in [-0.39, 0.29) is 5.54 Å². The Kier molecular flexibility index (Phi) is 3.69. The molecule has 0 saturated heterocycles. The Bertz CT molecular complexity index is 682. The number of nitriles is 1. The number of hydrogen-bond donors (Lipinski definition) is 1. The van der Waals surface area contributed by atoms with Crippen LogP contribution in [0.5, 0.6) is 0 Å². The Morgan fingerprint density at radius 3 is 2.95 bits per heavy atom. The molecule has 1 fully saturated rings. The maximum absolute atomic E-state index is 9.48. The van der Waals surface area contributed by atoms with E-state index >= 15 is 0 Å². The second kappa shape index (κ2) is 5.50. The Morgan fingerprint density at radius 1 is 1.48 bits per heavy atom. The van der Waals surface area contributed by atoms with Crippen LogP contribution in [-0.2, 0) is 6.42 Å². The molecule has 0 aliphatic heterocycles. The molecule has 0 spiro atoms. The van der Waals surface area contributed by atoms with Gasteiger partial charge in [-0.3, -0.25) is 0 Å². The van der Waals surface area contributed by atoms with Crippen LogP contribution in [0.15, 0.2) is 24.3 Å². The van der Waals surface area contributed by atoms with Gasteiger partial charge in [-0.05, 0) is 44.9 Å². The smallest absolute Gasteiger partial charge is 0.110 e. The highest BCUT2D eigenvalue weighted by atomic mass is 15.1. The van der Waals surface area contributed by atoms with E-state index < -0.39 is 0 Å². The molecule has 1 saturated carbocycles. The van der Waals surface area contributed by atoms with Gasteiger partial charge in [0.05, 0.1) is 17.1 Å². The first-order chi connectivity index (χ1) is 10.2. The standard InChI is InChI=1S/C17H22N4/c1-3-6-16-20-14-7-4-5-8-15(14)21(16)13-9-10-17(11-13,12-18)19-2/h4-5,7-8,13,19H,3,6,9-11H2,1-2H3. The van der Waals surface area contributed by atoms with Gasteiger partial charge >= 0.3 is 0 Å². The lowest BCUT2D eigenvalue weighted by molar-refractivity contribution is 0.427. The zero-order chi connectivity index (χ0) is 14.9. The topological polar surface area (TPSA) is 53.6 Å². The minimum absolute atomic E-state index is 0.367. The van der Waals surface area contributed by atoms with Crippen LogP contribution in [0.4, 0.5) is 0 Å². The molecule has 1 aromatic carbocycles. The summed E-state index contributed by atoms with van der Waals surface area (Å²) in [5, 5.41) is 12.7. The molecule has 2 unspecified atom stereocenters. The van der Waals surface area contributed by atoms with Crippen LogP contribution in [0.2, 0.25) is 0 Å². The third-order valence-corrected chi connectivity index (χ3v) is 4.69. The number of aromatic nitrogens is 2. The SMILES string of the molecule is CCCc1nc2ccccc2n1C1CCC(C#N)(NC)C1. The van der Waals surface area contributed by atoms with Gasteiger partial charge in [-0.25, -0.2) is 4.98 Å². The molecular weight excluding hydrogens is 260 g/mol. The van der Waals surface area contributed by atoms with E-state index in [2.05, 4.69) is 41.1 Å². The molecular formula is C17H22N4. The lowest BCUT2D eigenvalue weighted by Gasteiger charge is -2.21. The Labute approximate surface area is 125 Å². The van der Waals surface area contributed by atoms with E-state index in [1.54, 1.807) is 0 Å². The van der Waals surface area contributed by atoms with Crippen LogP contribution in [0.25, 0.3) is 11.0 Å². The molecule has 1 aliphatic carbocycles. The normalized spacial score (nSPS) is 25.3. The number of para-hydroxylation sites is 2. The minimum Gasteiger partial charge on any atom is -0.325 e. The van der Waals surface area contributed by atoms with Crippen molar-refractivity contribution in [3.63, 3.8) is 0 Å². The predicted octanol–water partition coefficient (Wildman–Crippen LogP) is 3.20. The highest BCUT2D eigenvalue weighted by molar-refractivity contribution is 5.76. The van der Waals surface area contributed by atoms with Crippen molar-refractivity contribution >= 4 is 11.0 Å². The van der Waals surface area contributed by atoms with Crippen molar-refractivity contribution < 1.29 is 0 Å². The van der Waals surface area contributed by atoms with Gasteiger partial charge in [0.1, 0.15) is 11.4 Å².